The third kappa shape index (κ3) is 3.86. The Kier molecular flexibility index (Phi) is 5.19. The largest absolute Gasteiger partial charge is 0.385 e. The molecule has 2 heterocycles. The van der Waals surface area contributed by atoms with Crippen molar-refractivity contribution in [3.05, 3.63) is 52.0 Å². The molecule has 1 saturated heterocycles. The maximum Gasteiger partial charge on any atom is 0.226 e. The van der Waals surface area contributed by atoms with Crippen LogP contribution in [0.15, 0.2) is 30.6 Å². The molecule has 1 aromatic heterocycles. The molecule has 1 amide bonds. The lowest BCUT2D eigenvalue weighted by molar-refractivity contribution is -0.134. The van der Waals surface area contributed by atoms with Crippen molar-refractivity contribution < 1.29 is 9.90 Å². The monoisotopic (exact) mass is 407 g/mol. The number of amides is 1. The van der Waals surface area contributed by atoms with Crippen LogP contribution >= 0.6 is 23.2 Å². The van der Waals surface area contributed by atoms with E-state index in [0.717, 1.165) is 24.8 Å². The standard InChI is InChI=1S/C20H23Cl2N3O2/c1-24-7-4-23-19(24)18(26)12-2-5-25(6-3-12)20(27)17-11-16(17)13-8-14(21)10-15(22)9-13/h4,7-10,12,16-18,26H,2-3,5-6,11H2,1H3/t16-,17-,18+/m0/s1. The first-order valence-corrected chi connectivity index (χ1v) is 10.1. The van der Waals surface area contributed by atoms with Crippen molar-refractivity contribution in [2.45, 2.75) is 31.3 Å². The molecule has 5 nitrogen and oxygen atoms in total. The fourth-order valence-corrected chi connectivity index (χ4v) is 4.71. The van der Waals surface area contributed by atoms with Gasteiger partial charge in [-0.2, -0.15) is 0 Å². The number of hydrogen-bond donors (Lipinski definition) is 1. The van der Waals surface area contributed by atoms with Gasteiger partial charge in [0.1, 0.15) is 11.9 Å². The number of likely N-dealkylation sites (tertiary alicyclic amines) is 1. The molecule has 0 radical (unpaired) electrons. The Morgan fingerprint density at radius 2 is 1.89 bits per heavy atom. The number of aliphatic hydroxyl groups is 1. The van der Waals surface area contributed by atoms with Crippen molar-refractivity contribution in [1.82, 2.24) is 14.5 Å². The number of rotatable bonds is 4. The molecule has 1 saturated carbocycles. The first kappa shape index (κ1) is 18.8. The van der Waals surface area contributed by atoms with Crippen LogP contribution in [0.1, 0.15) is 42.7 Å². The van der Waals surface area contributed by atoms with E-state index in [1.54, 1.807) is 12.3 Å². The minimum absolute atomic E-state index is 0.0237. The minimum atomic E-state index is -0.579. The lowest BCUT2D eigenvalue weighted by atomic mass is 9.90. The topological polar surface area (TPSA) is 58.4 Å². The van der Waals surface area contributed by atoms with E-state index in [-0.39, 0.29) is 23.7 Å². The fraction of sp³-hybridized carbons (Fsp3) is 0.500. The number of aromatic nitrogens is 2. The molecule has 1 aliphatic heterocycles. The van der Waals surface area contributed by atoms with Crippen LogP contribution < -0.4 is 0 Å². The summed E-state index contributed by atoms with van der Waals surface area (Å²) in [5.41, 5.74) is 1.05. The van der Waals surface area contributed by atoms with E-state index in [9.17, 15) is 9.90 Å². The average Bonchev–Trinajstić information content (AvgIpc) is 3.34. The molecular formula is C20H23Cl2N3O2. The van der Waals surface area contributed by atoms with Crippen molar-refractivity contribution in [3.63, 3.8) is 0 Å². The summed E-state index contributed by atoms with van der Waals surface area (Å²) in [5.74, 6) is 1.28. The highest BCUT2D eigenvalue weighted by Gasteiger charge is 2.46. The lowest BCUT2D eigenvalue weighted by Crippen LogP contribution is -2.41. The van der Waals surface area contributed by atoms with Gasteiger partial charge in [-0.3, -0.25) is 4.79 Å². The summed E-state index contributed by atoms with van der Waals surface area (Å²) in [6.07, 6.45) is 5.40. The predicted octanol–water partition coefficient (Wildman–Crippen LogP) is 3.80. The van der Waals surface area contributed by atoms with Crippen molar-refractivity contribution in [3.8, 4) is 0 Å². The molecule has 0 unspecified atom stereocenters. The Labute approximate surface area is 168 Å². The fourth-order valence-electron chi connectivity index (χ4n) is 4.17. The number of imidazole rings is 1. The summed E-state index contributed by atoms with van der Waals surface area (Å²) in [6.45, 7) is 1.37. The van der Waals surface area contributed by atoms with E-state index in [1.807, 2.05) is 34.8 Å². The van der Waals surface area contributed by atoms with Crippen LogP contribution in [-0.2, 0) is 11.8 Å². The maximum absolute atomic E-state index is 12.9. The smallest absolute Gasteiger partial charge is 0.226 e. The van der Waals surface area contributed by atoms with Crippen molar-refractivity contribution in [1.29, 1.82) is 0 Å². The summed E-state index contributed by atoms with van der Waals surface area (Å²) in [5, 5.41) is 11.8. The van der Waals surface area contributed by atoms with Gasteiger partial charge in [-0.15, -0.1) is 0 Å². The molecule has 27 heavy (non-hydrogen) atoms. The Hall–Kier alpha value is -1.56. The van der Waals surface area contributed by atoms with Gasteiger partial charge in [0, 0.05) is 48.5 Å². The van der Waals surface area contributed by atoms with Gasteiger partial charge in [0.15, 0.2) is 0 Å². The Morgan fingerprint density at radius 1 is 1.22 bits per heavy atom. The van der Waals surface area contributed by atoms with Gasteiger partial charge in [-0.1, -0.05) is 23.2 Å². The minimum Gasteiger partial charge on any atom is -0.385 e. The number of halogens is 2. The van der Waals surface area contributed by atoms with Gasteiger partial charge in [0.25, 0.3) is 0 Å². The molecule has 0 bridgehead atoms. The molecule has 4 rings (SSSR count). The van der Waals surface area contributed by atoms with E-state index in [2.05, 4.69) is 4.98 Å². The molecular weight excluding hydrogens is 385 g/mol. The third-order valence-corrected chi connectivity index (χ3v) is 6.28. The number of hydrogen-bond acceptors (Lipinski definition) is 3. The van der Waals surface area contributed by atoms with E-state index < -0.39 is 6.10 Å². The van der Waals surface area contributed by atoms with Crippen LogP contribution in [0, 0.1) is 11.8 Å². The second-order valence-corrected chi connectivity index (χ2v) is 8.53. The Morgan fingerprint density at radius 3 is 2.48 bits per heavy atom. The second kappa shape index (κ2) is 7.46. The predicted molar refractivity (Wildman–Crippen MR) is 105 cm³/mol. The van der Waals surface area contributed by atoms with Gasteiger partial charge in [-0.25, -0.2) is 4.98 Å². The Balaban J connectivity index is 1.34. The van der Waals surface area contributed by atoms with Crippen LogP contribution in [0.2, 0.25) is 10.0 Å². The lowest BCUT2D eigenvalue weighted by Gasteiger charge is -2.34. The normalized spacial score (nSPS) is 24.1. The highest BCUT2D eigenvalue weighted by atomic mass is 35.5. The van der Waals surface area contributed by atoms with Crippen LogP contribution in [0.25, 0.3) is 0 Å². The second-order valence-electron chi connectivity index (χ2n) is 7.66. The molecule has 7 heteroatoms. The number of nitrogens with zero attached hydrogens (tertiary/aromatic N) is 3. The molecule has 1 N–H and O–H groups in total. The van der Waals surface area contributed by atoms with Gasteiger partial charge in [0.05, 0.1) is 0 Å². The molecule has 2 aromatic rings. The summed E-state index contributed by atoms with van der Waals surface area (Å²) < 4.78 is 1.85. The number of carbonyl (C=O) groups excluding carboxylic acids is 1. The van der Waals surface area contributed by atoms with Gasteiger partial charge >= 0.3 is 0 Å². The highest BCUT2D eigenvalue weighted by Crippen LogP contribution is 2.49. The average molecular weight is 408 g/mol. The SMILES string of the molecule is Cn1ccnc1[C@H](O)C1CCN(C(=O)[C@H]2C[C@H]2c2cc(Cl)cc(Cl)c2)CC1. The van der Waals surface area contributed by atoms with E-state index in [4.69, 9.17) is 23.2 Å². The maximum atomic E-state index is 12.9. The van der Waals surface area contributed by atoms with Crippen LogP contribution in [0.4, 0.5) is 0 Å². The zero-order chi connectivity index (χ0) is 19.1. The zero-order valence-electron chi connectivity index (χ0n) is 15.2. The quantitative estimate of drug-likeness (QED) is 0.837. The van der Waals surface area contributed by atoms with E-state index in [0.29, 0.717) is 29.0 Å². The molecule has 3 atom stereocenters. The summed E-state index contributed by atoms with van der Waals surface area (Å²) in [4.78, 5) is 19.0. The van der Waals surface area contributed by atoms with Crippen molar-refractivity contribution >= 4 is 29.1 Å². The van der Waals surface area contributed by atoms with Crippen LogP contribution in [0.5, 0.6) is 0 Å². The first-order valence-electron chi connectivity index (χ1n) is 9.34. The van der Waals surface area contributed by atoms with Gasteiger partial charge in [0.2, 0.25) is 5.91 Å². The molecule has 1 aromatic carbocycles. The Bertz CT molecular complexity index is 825. The third-order valence-electron chi connectivity index (χ3n) is 5.84. The van der Waals surface area contributed by atoms with Crippen LogP contribution in [0.3, 0.4) is 0 Å². The van der Waals surface area contributed by atoms with E-state index >= 15 is 0 Å². The van der Waals surface area contributed by atoms with Crippen molar-refractivity contribution in [2.75, 3.05) is 13.1 Å². The number of carbonyl (C=O) groups is 1. The number of aliphatic hydroxyl groups excluding tert-OH is 1. The van der Waals surface area contributed by atoms with Crippen molar-refractivity contribution in [2.24, 2.45) is 18.9 Å². The molecule has 2 fully saturated rings. The summed E-state index contributed by atoms with van der Waals surface area (Å²) >= 11 is 12.2. The molecule has 0 spiro atoms. The molecule has 2 aliphatic rings. The summed E-state index contributed by atoms with van der Waals surface area (Å²) in [7, 11) is 1.89. The first-order chi connectivity index (χ1) is 12.9. The number of benzene rings is 1. The summed E-state index contributed by atoms with van der Waals surface area (Å²) in [6, 6.07) is 5.52. The van der Waals surface area contributed by atoms with Gasteiger partial charge in [-0.05, 0) is 54.9 Å². The number of aryl methyl sites for hydroxylation is 1. The highest BCUT2D eigenvalue weighted by molar-refractivity contribution is 6.34. The molecule has 1 aliphatic carbocycles. The molecule has 144 valence electrons. The zero-order valence-corrected chi connectivity index (χ0v) is 16.7. The van der Waals surface area contributed by atoms with Gasteiger partial charge < -0.3 is 14.6 Å². The number of piperidine rings is 1. The van der Waals surface area contributed by atoms with Crippen LogP contribution in [-0.4, -0.2) is 38.6 Å². The van der Waals surface area contributed by atoms with E-state index in [1.165, 1.54) is 0 Å².